The van der Waals surface area contributed by atoms with Crippen molar-refractivity contribution in [3.63, 3.8) is 0 Å². The first-order valence-corrected chi connectivity index (χ1v) is 8.68. The van der Waals surface area contributed by atoms with Crippen molar-refractivity contribution in [1.29, 1.82) is 0 Å². The van der Waals surface area contributed by atoms with Crippen LogP contribution in [0.25, 0.3) is 0 Å². The summed E-state index contributed by atoms with van der Waals surface area (Å²) in [5.41, 5.74) is -2.53. The molecule has 1 aliphatic rings. The van der Waals surface area contributed by atoms with E-state index in [0.717, 1.165) is 0 Å². The van der Waals surface area contributed by atoms with Crippen LogP contribution in [-0.2, 0) is 4.79 Å². The number of hydrogen-bond acceptors (Lipinski definition) is 5. The average molecular weight is 408 g/mol. The number of aryl methyl sites for hydroxylation is 1. The van der Waals surface area contributed by atoms with Gasteiger partial charge < -0.3 is 14.6 Å². The molecule has 0 bridgehead atoms. The molecule has 9 heteroatoms. The zero-order valence-corrected chi connectivity index (χ0v) is 15.7. The summed E-state index contributed by atoms with van der Waals surface area (Å²) in [6.07, 6.45) is -6.02. The number of methoxy groups -OCH3 is 1. The second kappa shape index (κ2) is 7.75. The monoisotopic (exact) mass is 408 g/mol. The van der Waals surface area contributed by atoms with Crippen molar-refractivity contribution < 1.29 is 32.5 Å². The van der Waals surface area contributed by atoms with Gasteiger partial charge in [0.1, 0.15) is 11.5 Å². The third kappa shape index (κ3) is 4.04. The lowest BCUT2D eigenvalue weighted by Crippen LogP contribution is -2.57. The molecule has 1 aliphatic heterocycles. The maximum Gasteiger partial charge on any atom is 0.438 e. The van der Waals surface area contributed by atoms with E-state index in [9.17, 15) is 23.1 Å². The second-order valence-corrected chi connectivity index (χ2v) is 6.53. The molecule has 1 heterocycles. The van der Waals surface area contributed by atoms with Crippen LogP contribution >= 0.6 is 0 Å². The fraction of sp³-hybridized carbons (Fsp3) is 0.300. The highest BCUT2D eigenvalue weighted by Crippen LogP contribution is 2.41. The number of benzene rings is 2. The standard InChI is InChI=1S/C20H19F3N2O4/c1-13-6-3-4-9-17(13)29-12-18(26)25-19(27,20(21,22)23)11-16(24-25)14-7-5-8-15(10-14)28-2/h3-10,27H,11-12H2,1-2H3/t19-/m0/s1. The lowest BCUT2D eigenvalue weighted by Gasteiger charge is -2.32. The largest absolute Gasteiger partial charge is 0.497 e. The van der Waals surface area contributed by atoms with E-state index in [1.165, 1.54) is 19.2 Å². The molecule has 1 atom stereocenters. The van der Waals surface area contributed by atoms with Gasteiger partial charge in [0.2, 0.25) is 0 Å². The molecule has 0 spiro atoms. The molecule has 0 aromatic heterocycles. The quantitative estimate of drug-likeness (QED) is 0.825. The van der Waals surface area contributed by atoms with Crippen molar-refractivity contribution in [2.45, 2.75) is 25.2 Å². The van der Waals surface area contributed by atoms with Crippen molar-refractivity contribution in [1.82, 2.24) is 5.01 Å². The molecule has 1 amide bonds. The van der Waals surface area contributed by atoms with Gasteiger partial charge in [-0.25, -0.2) is 0 Å². The second-order valence-electron chi connectivity index (χ2n) is 6.53. The molecule has 29 heavy (non-hydrogen) atoms. The van der Waals surface area contributed by atoms with Crippen molar-refractivity contribution >= 4 is 11.6 Å². The van der Waals surface area contributed by atoms with E-state index in [1.807, 2.05) is 0 Å². The van der Waals surface area contributed by atoms with Crippen molar-refractivity contribution in [2.24, 2.45) is 5.10 Å². The lowest BCUT2D eigenvalue weighted by molar-refractivity contribution is -0.302. The summed E-state index contributed by atoms with van der Waals surface area (Å²) in [5, 5.41) is 14.2. The Morgan fingerprint density at radius 2 is 1.97 bits per heavy atom. The zero-order valence-electron chi connectivity index (χ0n) is 15.7. The number of hydrogen-bond donors (Lipinski definition) is 1. The van der Waals surface area contributed by atoms with E-state index >= 15 is 0 Å². The topological polar surface area (TPSA) is 71.4 Å². The number of hydrazone groups is 1. The van der Waals surface area contributed by atoms with Crippen LogP contribution in [0.3, 0.4) is 0 Å². The number of carbonyl (C=O) groups excluding carboxylic acids is 1. The average Bonchev–Trinajstić information content (AvgIpc) is 3.06. The van der Waals surface area contributed by atoms with E-state index in [-0.39, 0.29) is 10.7 Å². The fourth-order valence-corrected chi connectivity index (χ4v) is 2.91. The summed E-state index contributed by atoms with van der Waals surface area (Å²) < 4.78 is 51.3. The van der Waals surface area contributed by atoms with Gasteiger partial charge >= 0.3 is 6.18 Å². The fourth-order valence-electron chi connectivity index (χ4n) is 2.91. The van der Waals surface area contributed by atoms with Gasteiger partial charge in [0, 0.05) is 5.56 Å². The molecule has 0 saturated heterocycles. The number of aliphatic hydroxyl groups is 1. The van der Waals surface area contributed by atoms with Gasteiger partial charge in [-0.2, -0.15) is 23.3 Å². The van der Waals surface area contributed by atoms with Crippen molar-refractivity contribution in [2.75, 3.05) is 13.7 Å². The highest BCUT2D eigenvalue weighted by atomic mass is 19.4. The summed E-state index contributed by atoms with van der Waals surface area (Å²) in [4.78, 5) is 12.5. The molecule has 0 radical (unpaired) electrons. The first-order chi connectivity index (χ1) is 13.7. The number of rotatable bonds is 5. The molecular weight excluding hydrogens is 389 g/mol. The molecule has 6 nitrogen and oxygen atoms in total. The van der Waals surface area contributed by atoms with E-state index < -0.39 is 30.8 Å². The van der Waals surface area contributed by atoms with E-state index in [4.69, 9.17) is 9.47 Å². The third-order valence-electron chi connectivity index (χ3n) is 4.52. The first kappa shape index (κ1) is 20.7. The van der Waals surface area contributed by atoms with Crippen LogP contribution in [0.5, 0.6) is 11.5 Å². The van der Waals surface area contributed by atoms with Crippen LogP contribution in [0.4, 0.5) is 13.2 Å². The molecule has 3 rings (SSSR count). The molecule has 0 saturated carbocycles. The van der Waals surface area contributed by atoms with E-state index in [1.54, 1.807) is 43.3 Å². The predicted molar refractivity (Wildman–Crippen MR) is 98.7 cm³/mol. The smallest absolute Gasteiger partial charge is 0.438 e. The van der Waals surface area contributed by atoms with E-state index in [2.05, 4.69) is 5.10 Å². The Morgan fingerprint density at radius 3 is 2.62 bits per heavy atom. The Balaban J connectivity index is 1.88. The predicted octanol–water partition coefficient (Wildman–Crippen LogP) is 3.27. The molecule has 2 aromatic carbocycles. The molecule has 1 N–H and O–H groups in total. The number of ether oxygens (including phenoxy) is 2. The van der Waals surface area contributed by atoms with Gasteiger partial charge in [-0.05, 0) is 30.7 Å². The van der Waals surface area contributed by atoms with Crippen LogP contribution in [-0.4, -0.2) is 47.4 Å². The minimum atomic E-state index is -5.12. The maximum absolute atomic E-state index is 13.6. The van der Waals surface area contributed by atoms with Crippen molar-refractivity contribution in [3.8, 4) is 11.5 Å². The number of alkyl halides is 3. The lowest BCUT2D eigenvalue weighted by atomic mass is 10.0. The Morgan fingerprint density at radius 1 is 1.24 bits per heavy atom. The highest BCUT2D eigenvalue weighted by Gasteiger charge is 2.63. The van der Waals surface area contributed by atoms with Gasteiger partial charge in [0.05, 0.1) is 19.2 Å². The van der Waals surface area contributed by atoms with Gasteiger partial charge in [0.25, 0.3) is 11.6 Å². The minimum Gasteiger partial charge on any atom is -0.497 e. The zero-order chi connectivity index (χ0) is 21.2. The normalized spacial score (nSPS) is 19.1. The van der Waals surface area contributed by atoms with E-state index in [0.29, 0.717) is 22.6 Å². The third-order valence-corrected chi connectivity index (χ3v) is 4.52. The van der Waals surface area contributed by atoms with Gasteiger partial charge in [-0.1, -0.05) is 30.3 Å². The number of halogens is 3. The molecule has 0 fully saturated rings. The Bertz CT molecular complexity index is 945. The van der Waals surface area contributed by atoms with Crippen LogP contribution < -0.4 is 9.47 Å². The Hall–Kier alpha value is -3.07. The summed E-state index contributed by atoms with van der Waals surface area (Å²) in [6, 6.07) is 13.0. The first-order valence-electron chi connectivity index (χ1n) is 8.68. The highest BCUT2D eigenvalue weighted by molar-refractivity contribution is 6.03. The summed E-state index contributed by atoms with van der Waals surface area (Å²) in [5.74, 6) is -0.355. The van der Waals surface area contributed by atoms with Crippen LogP contribution in [0, 0.1) is 6.92 Å². The molecule has 0 aliphatic carbocycles. The SMILES string of the molecule is COc1cccc(C2=NN(C(=O)COc3ccccc3C)[C@@](O)(C(F)(F)F)C2)c1. The molecular formula is C20H19F3N2O4. The van der Waals surface area contributed by atoms with Gasteiger partial charge in [-0.15, -0.1) is 0 Å². The molecule has 0 unspecified atom stereocenters. The van der Waals surface area contributed by atoms with Crippen LogP contribution in [0.1, 0.15) is 17.5 Å². The van der Waals surface area contributed by atoms with Gasteiger partial charge in [0.15, 0.2) is 6.61 Å². The minimum absolute atomic E-state index is 0.0556. The summed E-state index contributed by atoms with van der Waals surface area (Å²) >= 11 is 0. The summed E-state index contributed by atoms with van der Waals surface area (Å²) in [6.45, 7) is 1.03. The molecule has 154 valence electrons. The number of para-hydroxylation sites is 1. The Kier molecular flexibility index (Phi) is 5.52. The Labute approximate surface area is 165 Å². The maximum atomic E-state index is 13.6. The summed E-state index contributed by atoms with van der Waals surface area (Å²) in [7, 11) is 1.42. The number of amides is 1. The number of nitrogens with zero attached hydrogens (tertiary/aromatic N) is 2. The van der Waals surface area contributed by atoms with Crippen LogP contribution in [0.15, 0.2) is 53.6 Å². The molecule has 2 aromatic rings. The van der Waals surface area contributed by atoms with Gasteiger partial charge in [-0.3, -0.25) is 4.79 Å². The van der Waals surface area contributed by atoms with Crippen molar-refractivity contribution in [3.05, 3.63) is 59.7 Å². The van der Waals surface area contributed by atoms with Crippen LogP contribution in [0.2, 0.25) is 0 Å². The number of carbonyl (C=O) groups is 1.